The number of ether oxygens (including phenoxy) is 2. The molecule has 1 saturated heterocycles. The molecule has 6 heteroatoms. The maximum Gasteiger partial charge on any atom is 0.387 e. The van der Waals surface area contributed by atoms with E-state index in [4.69, 9.17) is 4.74 Å². The van der Waals surface area contributed by atoms with Crippen molar-refractivity contribution in [3.05, 3.63) is 29.6 Å². The third kappa shape index (κ3) is 2.94. The fourth-order valence-electron chi connectivity index (χ4n) is 4.09. The Hall–Kier alpha value is -1.27. The molecular formula is C17H22F3NO2. The average molecular weight is 329 g/mol. The summed E-state index contributed by atoms with van der Waals surface area (Å²) < 4.78 is 48.7. The topological polar surface area (TPSA) is 30.5 Å². The molecule has 2 aliphatic rings. The van der Waals surface area contributed by atoms with Crippen LogP contribution in [0, 0.1) is 17.2 Å². The number of nitrogens with one attached hydrogen (secondary N) is 1. The van der Waals surface area contributed by atoms with E-state index in [0.717, 1.165) is 19.1 Å². The largest absolute Gasteiger partial charge is 0.434 e. The lowest BCUT2D eigenvalue weighted by Gasteiger charge is -2.55. The number of halogens is 3. The summed E-state index contributed by atoms with van der Waals surface area (Å²) >= 11 is 0. The molecule has 0 amide bonds. The van der Waals surface area contributed by atoms with E-state index in [1.54, 1.807) is 0 Å². The van der Waals surface area contributed by atoms with E-state index in [2.05, 4.69) is 23.9 Å². The van der Waals surface area contributed by atoms with Crippen LogP contribution in [-0.4, -0.2) is 25.4 Å². The molecule has 23 heavy (non-hydrogen) atoms. The van der Waals surface area contributed by atoms with Gasteiger partial charge in [-0.2, -0.15) is 8.78 Å². The number of benzene rings is 1. The van der Waals surface area contributed by atoms with E-state index in [0.29, 0.717) is 11.5 Å². The van der Waals surface area contributed by atoms with Crippen LogP contribution >= 0.6 is 0 Å². The van der Waals surface area contributed by atoms with Crippen molar-refractivity contribution < 1.29 is 22.6 Å². The fourth-order valence-corrected chi connectivity index (χ4v) is 4.09. The second kappa shape index (κ2) is 5.98. The molecule has 3 nitrogen and oxygen atoms in total. The predicted octanol–water partition coefficient (Wildman–Crippen LogP) is 3.89. The highest BCUT2D eigenvalue weighted by atomic mass is 19.3. The first-order valence-corrected chi connectivity index (χ1v) is 7.92. The summed E-state index contributed by atoms with van der Waals surface area (Å²) in [6, 6.07) is 3.77. The number of fused-ring (bicyclic) bond motifs is 1. The van der Waals surface area contributed by atoms with Crippen molar-refractivity contribution in [3.63, 3.8) is 0 Å². The molecule has 4 atom stereocenters. The van der Waals surface area contributed by atoms with Crippen LogP contribution in [0.25, 0.3) is 0 Å². The first kappa shape index (κ1) is 16.6. The molecule has 2 fully saturated rings. The summed E-state index contributed by atoms with van der Waals surface area (Å²) in [7, 11) is 0. The van der Waals surface area contributed by atoms with Crippen molar-refractivity contribution >= 4 is 0 Å². The Labute approximate surface area is 134 Å². The Morgan fingerprint density at radius 1 is 1.35 bits per heavy atom. The third-order valence-electron chi connectivity index (χ3n) is 5.19. The highest BCUT2D eigenvalue weighted by Crippen LogP contribution is 2.52. The van der Waals surface area contributed by atoms with Crippen molar-refractivity contribution in [2.24, 2.45) is 11.3 Å². The average Bonchev–Trinajstić information content (AvgIpc) is 2.91. The van der Waals surface area contributed by atoms with Gasteiger partial charge >= 0.3 is 6.61 Å². The van der Waals surface area contributed by atoms with Crippen molar-refractivity contribution in [2.75, 3.05) is 6.61 Å². The molecule has 1 aliphatic carbocycles. The van der Waals surface area contributed by atoms with Crippen molar-refractivity contribution in [3.8, 4) is 5.75 Å². The highest BCUT2D eigenvalue weighted by Gasteiger charge is 2.59. The summed E-state index contributed by atoms with van der Waals surface area (Å²) in [5, 5.41) is 3.50. The molecule has 0 spiro atoms. The monoisotopic (exact) mass is 329 g/mol. The van der Waals surface area contributed by atoms with Crippen LogP contribution in [0.4, 0.5) is 13.2 Å². The van der Waals surface area contributed by atoms with Gasteiger partial charge in [0, 0.05) is 41.7 Å². The van der Waals surface area contributed by atoms with Crippen LogP contribution in [0.2, 0.25) is 0 Å². The zero-order valence-corrected chi connectivity index (χ0v) is 13.5. The summed E-state index contributed by atoms with van der Waals surface area (Å²) in [6.45, 7) is 3.96. The van der Waals surface area contributed by atoms with Gasteiger partial charge in [-0.05, 0) is 19.4 Å². The van der Waals surface area contributed by atoms with Gasteiger partial charge in [0.05, 0.1) is 6.10 Å². The van der Waals surface area contributed by atoms with Gasteiger partial charge in [0.2, 0.25) is 0 Å². The Bertz CT molecular complexity index is 579. The SMILES string of the molecule is C[C@H](N[C@@H]1[C@H]2CCO[C@@H]2C1(C)C)c1ccc(F)cc1OC(F)F. The number of alkyl halides is 2. The summed E-state index contributed by atoms with van der Waals surface area (Å²) in [5.41, 5.74) is 0.518. The van der Waals surface area contributed by atoms with Crippen LogP contribution in [0.3, 0.4) is 0 Å². The minimum absolute atomic E-state index is 0.0147. The van der Waals surface area contributed by atoms with Crippen LogP contribution in [0.1, 0.15) is 38.8 Å². The molecule has 0 radical (unpaired) electrons. The van der Waals surface area contributed by atoms with Crippen LogP contribution in [0.15, 0.2) is 18.2 Å². The van der Waals surface area contributed by atoms with Gasteiger partial charge in [-0.15, -0.1) is 0 Å². The number of hydrogen-bond donors (Lipinski definition) is 1. The molecule has 0 aromatic heterocycles. The van der Waals surface area contributed by atoms with E-state index >= 15 is 0 Å². The summed E-state index contributed by atoms with van der Waals surface area (Å²) in [4.78, 5) is 0. The maximum atomic E-state index is 13.3. The maximum absolute atomic E-state index is 13.3. The van der Waals surface area contributed by atoms with Gasteiger partial charge < -0.3 is 14.8 Å². The lowest BCUT2D eigenvalue weighted by atomic mass is 9.57. The van der Waals surface area contributed by atoms with E-state index in [1.807, 2.05) is 6.92 Å². The van der Waals surface area contributed by atoms with Crippen molar-refractivity contribution in [1.82, 2.24) is 5.32 Å². The number of rotatable bonds is 5. The summed E-state index contributed by atoms with van der Waals surface area (Å²) in [5.74, 6) is -0.270. The Kier molecular flexibility index (Phi) is 4.31. The van der Waals surface area contributed by atoms with Crippen LogP contribution < -0.4 is 10.1 Å². The highest BCUT2D eigenvalue weighted by molar-refractivity contribution is 5.36. The van der Waals surface area contributed by atoms with Gasteiger partial charge in [0.25, 0.3) is 0 Å². The lowest BCUT2D eigenvalue weighted by Crippen LogP contribution is -2.66. The molecule has 3 rings (SSSR count). The fraction of sp³-hybridized carbons (Fsp3) is 0.647. The molecule has 1 aromatic rings. The molecule has 1 saturated carbocycles. The predicted molar refractivity (Wildman–Crippen MR) is 80.0 cm³/mol. The second-order valence-electron chi connectivity index (χ2n) is 6.99. The smallest absolute Gasteiger partial charge is 0.387 e. The quantitative estimate of drug-likeness (QED) is 0.889. The third-order valence-corrected chi connectivity index (χ3v) is 5.19. The van der Waals surface area contributed by atoms with Gasteiger partial charge in [0.15, 0.2) is 0 Å². The van der Waals surface area contributed by atoms with Gasteiger partial charge in [-0.3, -0.25) is 0 Å². The first-order chi connectivity index (χ1) is 10.8. The Morgan fingerprint density at radius 3 is 2.78 bits per heavy atom. The molecular weight excluding hydrogens is 307 g/mol. The van der Waals surface area contributed by atoms with E-state index in [9.17, 15) is 13.2 Å². The molecule has 128 valence electrons. The van der Waals surface area contributed by atoms with Crippen LogP contribution in [-0.2, 0) is 4.74 Å². The van der Waals surface area contributed by atoms with E-state index < -0.39 is 12.4 Å². The van der Waals surface area contributed by atoms with Gasteiger partial charge in [0.1, 0.15) is 11.6 Å². The Morgan fingerprint density at radius 2 is 2.09 bits per heavy atom. The Balaban J connectivity index is 1.77. The number of hydrogen-bond acceptors (Lipinski definition) is 3. The van der Waals surface area contributed by atoms with E-state index in [1.165, 1.54) is 12.1 Å². The second-order valence-corrected chi connectivity index (χ2v) is 6.99. The minimum Gasteiger partial charge on any atom is -0.434 e. The zero-order chi connectivity index (χ0) is 16.8. The first-order valence-electron chi connectivity index (χ1n) is 7.92. The molecule has 1 heterocycles. The molecule has 0 unspecified atom stereocenters. The summed E-state index contributed by atoms with van der Waals surface area (Å²) in [6.07, 6.45) is 1.25. The van der Waals surface area contributed by atoms with Crippen molar-refractivity contribution in [1.29, 1.82) is 0 Å². The molecule has 1 aliphatic heterocycles. The van der Waals surface area contributed by atoms with Gasteiger partial charge in [-0.25, -0.2) is 4.39 Å². The minimum atomic E-state index is -2.98. The van der Waals surface area contributed by atoms with Gasteiger partial charge in [-0.1, -0.05) is 19.9 Å². The normalized spacial score (nSPS) is 30.0. The van der Waals surface area contributed by atoms with Crippen LogP contribution in [0.5, 0.6) is 5.75 Å². The molecule has 0 bridgehead atoms. The zero-order valence-electron chi connectivity index (χ0n) is 13.5. The lowest BCUT2D eigenvalue weighted by molar-refractivity contribution is -0.115. The van der Waals surface area contributed by atoms with Crippen molar-refractivity contribution in [2.45, 2.75) is 52.0 Å². The van der Waals surface area contributed by atoms with E-state index in [-0.39, 0.29) is 29.4 Å². The molecule has 1 N–H and O–H groups in total. The molecule has 1 aromatic carbocycles. The standard InChI is InChI=1S/C17H22F3NO2/c1-9(11-5-4-10(18)8-13(11)23-16(19)20)21-14-12-6-7-22-15(12)17(14,2)3/h4-5,8-9,12,14-16,21H,6-7H2,1-3H3/t9-,12+,14+,15-/m0/s1.